The Hall–Kier alpha value is -7.96. The second-order valence-electron chi connectivity index (χ2n) is 15.0. The first-order valence-electron chi connectivity index (χ1n) is 19.5. The zero-order valence-corrected chi connectivity index (χ0v) is 30.9. The van der Waals surface area contributed by atoms with Gasteiger partial charge in [0.25, 0.3) is 0 Å². The normalized spacial score (nSPS) is 12.1. The topological polar surface area (TPSA) is 61.9 Å². The predicted molar refractivity (Wildman–Crippen MR) is 236 cm³/mol. The highest BCUT2D eigenvalue weighted by Gasteiger charge is 2.18. The van der Waals surface area contributed by atoms with Crippen molar-refractivity contribution in [2.75, 3.05) is 0 Å². The first kappa shape index (κ1) is 31.3. The van der Waals surface area contributed by atoms with Crippen LogP contribution in [0.25, 0.3) is 121 Å². The number of pyridine rings is 2. The van der Waals surface area contributed by atoms with E-state index in [1.807, 2.05) is 36.7 Å². The molecule has 0 radical (unpaired) electrons. The molecule has 0 unspecified atom stereocenters. The summed E-state index contributed by atoms with van der Waals surface area (Å²) in [5, 5.41) is 7.83. The molecule has 0 aliphatic carbocycles. The summed E-state index contributed by atoms with van der Waals surface area (Å²) in [6, 6.07) is 58.3. The summed E-state index contributed by atoms with van der Waals surface area (Å²) in [6.07, 6.45) is 5.54. The van der Waals surface area contributed by atoms with Crippen molar-refractivity contribution in [2.24, 2.45) is 0 Å². The monoisotopic (exact) mass is 742 g/mol. The van der Waals surface area contributed by atoms with Crippen molar-refractivity contribution in [3.8, 4) is 33.6 Å². The molecular weight excluding hydrogens is 713 g/mol. The van der Waals surface area contributed by atoms with Gasteiger partial charge in [-0.25, -0.2) is 0 Å². The van der Waals surface area contributed by atoms with E-state index in [0.29, 0.717) is 0 Å². The Morgan fingerprint density at radius 3 is 1.72 bits per heavy atom. The van der Waals surface area contributed by atoms with Gasteiger partial charge in [-0.05, 0) is 119 Å². The summed E-state index contributed by atoms with van der Waals surface area (Å²) in [5.41, 5.74) is 15.7. The van der Waals surface area contributed by atoms with Crippen LogP contribution in [0.5, 0.6) is 0 Å². The van der Waals surface area contributed by atoms with E-state index >= 15 is 0 Å². The van der Waals surface area contributed by atoms with Crippen LogP contribution in [0.2, 0.25) is 0 Å². The maximum atomic E-state index is 6.16. The zero-order valence-electron chi connectivity index (χ0n) is 30.9. The lowest BCUT2D eigenvalue weighted by molar-refractivity contribution is 0.668. The van der Waals surface area contributed by atoms with Crippen LogP contribution in [0.1, 0.15) is 0 Å². The molecule has 6 aromatic heterocycles. The van der Waals surface area contributed by atoms with Crippen LogP contribution in [-0.2, 0) is 0 Å². The van der Waals surface area contributed by atoms with Gasteiger partial charge in [-0.1, -0.05) is 66.7 Å². The number of furan rings is 2. The average Bonchev–Trinajstić information content (AvgIpc) is 4.03. The van der Waals surface area contributed by atoms with Crippen molar-refractivity contribution in [1.29, 1.82) is 0 Å². The quantitative estimate of drug-likeness (QED) is 0.180. The van der Waals surface area contributed by atoms with Crippen molar-refractivity contribution in [2.45, 2.75) is 0 Å². The van der Waals surface area contributed by atoms with Crippen molar-refractivity contribution < 1.29 is 8.83 Å². The average molecular weight is 743 g/mol. The van der Waals surface area contributed by atoms with Crippen LogP contribution in [-0.4, -0.2) is 19.1 Å². The highest BCUT2D eigenvalue weighted by atomic mass is 16.3. The van der Waals surface area contributed by atoms with Crippen molar-refractivity contribution in [3.05, 3.63) is 182 Å². The van der Waals surface area contributed by atoms with E-state index in [1.54, 1.807) is 6.20 Å². The molecule has 6 nitrogen and oxygen atoms in total. The number of para-hydroxylation sites is 2. The lowest BCUT2D eigenvalue weighted by Crippen LogP contribution is -1.93. The number of hydrogen-bond acceptors (Lipinski definition) is 4. The molecule has 0 bridgehead atoms. The zero-order chi connectivity index (χ0) is 37.9. The highest BCUT2D eigenvalue weighted by molar-refractivity contribution is 6.12. The SMILES string of the molecule is c1cc(-c2ccc3c(c2)c2ccccc2n3-c2ccc3oc4ccncc4c3c2)cc(-c2ccc3c(c2)c2ncccc2n3-c2ccc3oc4ccccc4c3c2)c1. The van der Waals surface area contributed by atoms with Gasteiger partial charge < -0.3 is 18.0 Å². The first-order chi connectivity index (χ1) is 28.7. The van der Waals surface area contributed by atoms with Crippen molar-refractivity contribution >= 4 is 87.6 Å². The summed E-state index contributed by atoms with van der Waals surface area (Å²) < 4.78 is 17.0. The van der Waals surface area contributed by atoms with Gasteiger partial charge in [0.15, 0.2) is 0 Å². The Balaban J connectivity index is 0.923. The van der Waals surface area contributed by atoms with Crippen LogP contribution in [0.4, 0.5) is 0 Å². The number of benzene rings is 7. The summed E-state index contributed by atoms with van der Waals surface area (Å²) >= 11 is 0. The number of rotatable bonds is 4. The largest absolute Gasteiger partial charge is 0.456 e. The van der Waals surface area contributed by atoms with E-state index < -0.39 is 0 Å². The lowest BCUT2D eigenvalue weighted by atomic mass is 9.97. The molecular formula is C52H30N4O2. The molecule has 0 fully saturated rings. The predicted octanol–water partition coefficient (Wildman–Crippen LogP) is 13.8. The number of hydrogen-bond donors (Lipinski definition) is 0. The fourth-order valence-electron chi connectivity index (χ4n) is 9.20. The van der Waals surface area contributed by atoms with Crippen LogP contribution >= 0.6 is 0 Å². The molecule has 58 heavy (non-hydrogen) atoms. The third-order valence-corrected chi connectivity index (χ3v) is 11.9. The molecule has 6 heterocycles. The van der Waals surface area contributed by atoms with Crippen molar-refractivity contribution in [1.82, 2.24) is 19.1 Å². The molecule has 0 aliphatic heterocycles. The molecule has 13 rings (SSSR count). The standard InChI is InChI=1S/C52H30N4O2/c1-3-11-44-37(9-1)39-26-33(14-18-45(39)55(44)35-16-21-50-41(29-35)43-30-53-24-22-51(43)58-50)31-7-5-8-32(25-31)34-15-19-46-42(27-34)52-47(12-6-23-54-52)56(46)36-17-20-49-40(28-36)38-10-2-4-13-48(38)57-49/h1-30H. The molecule has 13 aromatic rings. The molecule has 0 aliphatic rings. The minimum Gasteiger partial charge on any atom is -0.456 e. The van der Waals surface area contributed by atoms with Crippen LogP contribution in [0, 0.1) is 0 Å². The molecule has 7 aromatic carbocycles. The minimum absolute atomic E-state index is 0.845. The Bertz CT molecular complexity index is 3580. The first-order valence-corrected chi connectivity index (χ1v) is 19.5. The molecule has 0 saturated carbocycles. The highest BCUT2D eigenvalue weighted by Crippen LogP contribution is 2.40. The Kier molecular flexibility index (Phi) is 6.35. The summed E-state index contributed by atoms with van der Waals surface area (Å²) in [6.45, 7) is 0. The van der Waals surface area contributed by atoms with Gasteiger partial charge in [0.2, 0.25) is 0 Å². The van der Waals surface area contributed by atoms with E-state index in [2.05, 4.69) is 154 Å². The van der Waals surface area contributed by atoms with Gasteiger partial charge in [-0.3, -0.25) is 9.97 Å². The maximum absolute atomic E-state index is 6.16. The Labute approximate surface area is 330 Å². The smallest absolute Gasteiger partial charge is 0.138 e. The molecule has 0 spiro atoms. The molecule has 0 amide bonds. The van der Waals surface area contributed by atoms with E-state index in [1.165, 1.54) is 16.3 Å². The van der Waals surface area contributed by atoms with E-state index in [9.17, 15) is 0 Å². The van der Waals surface area contributed by atoms with Crippen LogP contribution in [0.15, 0.2) is 191 Å². The Morgan fingerprint density at radius 2 is 0.931 bits per heavy atom. The van der Waals surface area contributed by atoms with Gasteiger partial charge >= 0.3 is 0 Å². The van der Waals surface area contributed by atoms with E-state index in [0.717, 1.165) is 105 Å². The summed E-state index contributed by atoms with van der Waals surface area (Å²) in [5.74, 6) is 0. The second kappa shape index (κ2) is 11.8. The van der Waals surface area contributed by atoms with Gasteiger partial charge in [0.1, 0.15) is 22.3 Å². The fourth-order valence-corrected chi connectivity index (χ4v) is 9.20. The number of fused-ring (bicyclic) bond motifs is 12. The van der Waals surface area contributed by atoms with Gasteiger partial charge in [0, 0.05) is 67.7 Å². The lowest BCUT2D eigenvalue weighted by Gasteiger charge is -2.10. The third-order valence-electron chi connectivity index (χ3n) is 11.9. The fraction of sp³-hybridized carbons (Fsp3) is 0. The van der Waals surface area contributed by atoms with Gasteiger partial charge in [0.05, 0.1) is 27.6 Å². The third kappa shape index (κ3) is 4.48. The van der Waals surface area contributed by atoms with Crippen molar-refractivity contribution in [3.63, 3.8) is 0 Å². The summed E-state index contributed by atoms with van der Waals surface area (Å²) in [4.78, 5) is 9.28. The van der Waals surface area contributed by atoms with Crippen LogP contribution < -0.4 is 0 Å². The maximum Gasteiger partial charge on any atom is 0.138 e. The van der Waals surface area contributed by atoms with Crippen LogP contribution in [0.3, 0.4) is 0 Å². The van der Waals surface area contributed by atoms with Gasteiger partial charge in [-0.2, -0.15) is 0 Å². The molecule has 0 atom stereocenters. The Morgan fingerprint density at radius 1 is 0.345 bits per heavy atom. The van der Waals surface area contributed by atoms with Gasteiger partial charge in [-0.15, -0.1) is 0 Å². The second-order valence-corrected chi connectivity index (χ2v) is 15.0. The molecule has 0 N–H and O–H groups in total. The number of aromatic nitrogens is 4. The van der Waals surface area contributed by atoms with E-state index in [-0.39, 0.29) is 0 Å². The molecule has 6 heteroatoms. The molecule has 270 valence electrons. The minimum atomic E-state index is 0.845. The summed E-state index contributed by atoms with van der Waals surface area (Å²) in [7, 11) is 0. The van der Waals surface area contributed by atoms with E-state index in [4.69, 9.17) is 13.8 Å². The number of nitrogens with zero attached hydrogens (tertiary/aromatic N) is 4. The molecule has 0 saturated heterocycles.